The highest BCUT2D eigenvalue weighted by molar-refractivity contribution is 7.89. The lowest BCUT2D eigenvalue weighted by Gasteiger charge is -2.31. The third-order valence-electron chi connectivity index (χ3n) is 5.20. The number of aromatic nitrogens is 1. The minimum Gasteiger partial charge on any atom is -0.486 e. The molecule has 1 atom stereocenters. The standard InChI is InChI=1S/C20H20N2O4S2/c23-28(24,15-7-8-17-18(12-15)26-11-10-25-17)22-9-3-4-14(13-22)20-21-16-5-1-2-6-19(16)27-20/h1-2,5-8,12,14H,3-4,9-11,13H2/t14-/m1/s1. The summed E-state index contributed by atoms with van der Waals surface area (Å²) in [6, 6.07) is 12.9. The van der Waals surface area contributed by atoms with Crippen LogP contribution in [0, 0.1) is 0 Å². The fourth-order valence-corrected chi connectivity index (χ4v) is 6.39. The van der Waals surface area contributed by atoms with E-state index in [4.69, 9.17) is 14.5 Å². The molecule has 0 radical (unpaired) electrons. The van der Waals surface area contributed by atoms with Crippen molar-refractivity contribution in [2.75, 3.05) is 26.3 Å². The van der Waals surface area contributed by atoms with Crippen molar-refractivity contribution in [2.24, 2.45) is 0 Å². The minimum atomic E-state index is -3.59. The van der Waals surface area contributed by atoms with Crippen molar-refractivity contribution in [3.8, 4) is 11.5 Å². The Kier molecular flexibility index (Phi) is 4.49. The molecule has 0 N–H and O–H groups in total. The predicted molar refractivity (Wildman–Crippen MR) is 108 cm³/mol. The Labute approximate surface area is 167 Å². The molecular weight excluding hydrogens is 396 g/mol. The second-order valence-corrected chi connectivity index (χ2v) is 10.0. The number of hydrogen-bond donors (Lipinski definition) is 0. The second-order valence-electron chi connectivity index (χ2n) is 7.03. The molecule has 6 nitrogen and oxygen atoms in total. The van der Waals surface area contributed by atoms with Gasteiger partial charge in [-0.25, -0.2) is 13.4 Å². The van der Waals surface area contributed by atoms with E-state index in [2.05, 4.69) is 6.07 Å². The van der Waals surface area contributed by atoms with Gasteiger partial charge in [0.15, 0.2) is 11.5 Å². The number of ether oxygens (including phenoxy) is 2. The summed E-state index contributed by atoms with van der Waals surface area (Å²) in [5.41, 5.74) is 0.981. The first kappa shape index (κ1) is 17.9. The lowest BCUT2D eigenvalue weighted by atomic mass is 10.0. The SMILES string of the molecule is O=S(=O)(c1ccc2c(c1)OCCO2)N1CCC[C@@H](c2nc3ccccc3s2)C1. The summed E-state index contributed by atoms with van der Waals surface area (Å²) >= 11 is 1.66. The van der Waals surface area contributed by atoms with Crippen LogP contribution in [0.3, 0.4) is 0 Å². The van der Waals surface area contributed by atoms with Crippen LogP contribution >= 0.6 is 11.3 Å². The molecule has 2 aliphatic heterocycles. The first-order chi connectivity index (χ1) is 13.6. The van der Waals surface area contributed by atoms with Crippen molar-refractivity contribution in [3.63, 3.8) is 0 Å². The van der Waals surface area contributed by atoms with Gasteiger partial charge in [0, 0.05) is 25.1 Å². The van der Waals surface area contributed by atoms with Crippen molar-refractivity contribution in [3.05, 3.63) is 47.5 Å². The topological polar surface area (TPSA) is 68.7 Å². The molecule has 0 bridgehead atoms. The summed E-state index contributed by atoms with van der Waals surface area (Å²) in [4.78, 5) is 5.00. The van der Waals surface area contributed by atoms with Crippen molar-refractivity contribution in [1.29, 1.82) is 0 Å². The van der Waals surface area contributed by atoms with Crippen LogP contribution in [0.1, 0.15) is 23.8 Å². The van der Waals surface area contributed by atoms with Crippen LogP contribution in [0.5, 0.6) is 11.5 Å². The van der Waals surface area contributed by atoms with E-state index in [-0.39, 0.29) is 10.8 Å². The molecule has 5 rings (SSSR count). The molecule has 1 aromatic heterocycles. The summed E-state index contributed by atoms with van der Waals surface area (Å²) in [6.07, 6.45) is 1.78. The van der Waals surface area contributed by atoms with E-state index >= 15 is 0 Å². The molecule has 0 spiro atoms. The summed E-state index contributed by atoms with van der Waals surface area (Å²) in [6.45, 7) is 1.89. The Morgan fingerprint density at radius 2 is 1.89 bits per heavy atom. The smallest absolute Gasteiger partial charge is 0.243 e. The molecule has 0 unspecified atom stereocenters. The van der Waals surface area contributed by atoms with Crippen LogP contribution in [-0.4, -0.2) is 44.0 Å². The zero-order chi connectivity index (χ0) is 19.1. The predicted octanol–water partition coefficient (Wildman–Crippen LogP) is 3.64. The van der Waals surface area contributed by atoms with Crippen LogP contribution < -0.4 is 9.47 Å². The molecule has 0 amide bonds. The zero-order valence-electron chi connectivity index (χ0n) is 15.2. The van der Waals surface area contributed by atoms with Gasteiger partial charge in [-0.3, -0.25) is 0 Å². The van der Waals surface area contributed by atoms with Crippen LogP contribution in [-0.2, 0) is 10.0 Å². The number of hydrogen-bond acceptors (Lipinski definition) is 6. The number of benzene rings is 2. The summed E-state index contributed by atoms with van der Waals surface area (Å²) in [5.74, 6) is 1.21. The molecule has 2 aliphatic rings. The number of nitrogens with zero attached hydrogens (tertiary/aromatic N) is 2. The van der Waals surface area contributed by atoms with Crippen molar-refractivity contribution < 1.29 is 17.9 Å². The van der Waals surface area contributed by atoms with E-state index in [9.17, 15) is 8.42 Å². The molecule has 2 aromatic carbocycles. The third-order valence-corrected chi connectivity index (χ3v) is 8.26. The quantitative estimate of drug-likeness (QED) is 0.652. The molecular formula is C20H20N2O4S2. The fourth-order valence-electron chi connectivity index (χ4n) is 3.76. The molecule has 1 saturated heterocycles. The largest absolute Gasteiger partial charge is 0.486 e. The molecule has 0 aliphatic carbocycles. The highest BCUT2D eigenvalue weighted by Gasteiger charge is 2.33. The Hall–Kier alpha value is -2.16. The van der Waals surface area contributed by atoms with E-state index in [1.165, 1.54) is 0 Å². The van der Waals surface area contributed by atoms with Gasteiger partial charge in [-0.2, -0.15) is 4.31 Å². The van der Waals surface area contributed by atoms with Crippen LogP contribution in [0.4, 0.5) is 0 Å². The average Bonchev–Trinajstić information content (AvgIpc) is 3.18. The molecule has 3 aromatic rings. The van der Waals surface area contributed by atoms with Gasteiger partial charge in [0.1, 0.15) is 13.2 Å². The average molecular weight is 417 g/mol. The van der Waals surface area contributed by atoms with E-state index in [0.29, 0.717) is 37.8 Å². The highest BCUT2D eigenvalue weighted by Crippen LogP contribution is 2.37. The zero-order valence-corrected chi connectivity index (χ0v) is 16.8. The molecule has 3 heterocycles. The molecule has 146 valence electrons. The summed E-state index contributed by atoms with van der Waals surface area (Å²) in [5, 5.41) is 1.02. The molecule has 1 fully saturated rings. The number of sulfonamides is 1. The van der Waals surface area contributed by atoms with Crippen LogP contribution in [0.2, 0.25) is 0 Å². The Morgan fingerprint density at radius 1 is 1.07 bits per heavy atom. The first-order valence-corrected chi connectivity index (χ1v) is 11.6. The normalized spacial score (nSPS) is 20.4. The van der Waals surface area contributed by atoms with Gasteiger partial charge in [-0.05, 0) is 37.1 Å². The number of rotatable bonds is 3. The molecule has 0 saturated carbocycles. The monoisotopic (exact) mass is 416 g/mol. The minimum absolute atomic E-state index is 0.123. The number of fused-ring (bicyclic) bond motifs is 2. The lowest BCUT2D eigenvalue weighted by Crippen LogP contribution is -2.39. The Bertz CT molecular complexity index is 1090. The van der Waals surface area contributed by atoms with Crippen LogP contribution in [0.15, 0.2) is 47.4 Å². The van der Waals surface area contributed by atoms with Crippen molar-refractivity contribution >= 4 is 31.6 Å². The Morgan fingerprint density at radius 3 is 2.75 bits per heavy atom. The van der Waals surface area contributed by atoms with Gasteiger partial charge in [0.2, 0.25) is 10.0 Å². The first-order valence-electron chi connectivity index (χ1n) is 9.36. The highest BCUT2D eigenvalue weighted by atomic mass is 32.2. The molecule has 8 heteroatoms. The van der Waals surface area contributed by atoms with Gasteiger partial charge >= 0.3 is 0 Å². The maximum absolute atomic E-state index is 13.2. The number of thiazole rings is 1. The maximum atomic E-state index is 13.2. The van der Waals surface area contributed by atoms with E-state index < -0.39 is 10.0 Å². The molecule has 28 heavy (non-hydrogen) atoms. The van der Waals surface area contributed by atoms with Gasteiger partial charge in [-0.1, -0.05) is 12.1 Å². The van der Waals surface area contributed by atoms with E-state index in [0.717, 1.165) is 28.1 Å². The van der Waals surface area contributed by atoms with Gasteiger partial charge in [0.25, 0.3) is 0 Å². The van der Waals surface area contributed by atoms with E-state index in [1.54, 1.807) is 33.8 Å². The summed E-state index contributed by atoms with van der Waals surface area (Å²) < 4.78 is 40.2. The van der Waals surface area contributed by atoms with Gasteiger partial charge in [0.05, 0.1) is 20.1 Å². The number of piperidine rings is 1. The number of para-hydroxylation sites is 1. The summed E-state index contributed by atoms with van der Waals surface area (Å²) in [7, 11) is -3.59. The Balaban J connectivity index is 1.42. The second kappa shape index (κ2) is 7.02. The fraction of sp³-hybridized carbons (Fsp3) is 0.350. The van der Waals surface area contributed by atoms with Crippen molar-refractivity contribution in [1.82, 2.24) is 9.29 Å². The van der Waals surface area contributed by atoms with Crippen molar-refractivity contribution in [2.45, 2.75) is 23.7 Å². The third kappa shape index (κ3) is 3.15. The maximum Gasteiger partial charge on any atom is 0.243 e. The lowest BCUT2D eigenvalue weighted by molar-refractivity contribution is 0.171. The van der Waals surface area contributed by atoms with Gasteiger partial charge in [-0.15, -0.1) is 11.3 Å². The van der Waals surface area contributed by atoms with Crippen LogP contribution in [0.25, 0.3) is 10.2 Å². The van der Waals surface area contributed by atoms with E-state index in [1.807, 2.05) is 18.2 Å². The van der Waals surface area contributed by atoms with Gasteiger partial charge < -0.3 is 9.47 Å².